The van der Waals surface area contributed by atoms with Crippen molar-refractivity contribution in [2.45, 2.75) is 38.5 Å². The van der Waals surface area contributed by atoms with Gasteiger partial charge in [0.15, 0.2) is 0 Å². The molecule has 0 saturated carbocycles. The van der Waals surface area contributed by atoms with E-state index in [1.165, 1.54) is 22.9 Å². The summed E-state index contributed by atoms with van der Waals surface area (Å²) in [5.41, 5.74) is 1.68. The van der Waals surface area contributed by atoms with Crippen LogP contribution in [0.15, 0.2) is 24.3 Å². The first-order valence-electron chi connectivity index (χ1n) is 6.44. The summed E-state index contributed by atoms with van der Waals surface area (Å²) in [6.07, 6.45) is -0.0821. The molecule has 0 bridgehead atoms. The zero-order valence-corrected chi connectivity index (χ0v) is 12.9. The number of carboxylic acid groups (broad SMARTS) is 1. The fourth-order valence-electron chi connectivity index (χ4n) is 1.90. The summed E-state index contributed by atoms with van der Waals surface area (Å²) in [6.45, 7) is 5.46. The van der Waals surface area contributed by atoms with Gasteiger partial charge in [0, 0.05) is 11.3 Å². The molecule has 4 nitrogen and oxygen atoms in total. The van der Waals surface area contributed by atoms with Crippen LogP contribution in [0, 0.1) is 6.92 Å². The van der Waals surface area contributed by atoms with Crippen LogP contribution in [0.5, 0.6) is 0 Å². The number of carboxylic acids is 1. The summed E-state index contributed by atoms with van der Waals surface area (Å²) in [5, 5.41) is 11.5. The molecular formula is C15H21NO3S. The van der Waals surface area contributed by atoms with E-state index in [1.807, 2.05) is 25.1 Å². The molecule has 0 spiro atoms. The molecule has 0 aliphatic heterocycles. The van der Waals surface area contributed by atoms with Gasteiger partial charge in [0.25, 0.3) is 0 Å². The lowest BCUT2D eigenvalue weighted by Crippen LogP contribution is -2.45. The molecule has 5 heteroatoms. The van der Waals surface area contributed by atoms with Gasteiger partial charge in [0.2, 0.25) is 5.91 Å². The van der Waals surface area contributed by atoms with Crippen molar-refractivity contribution < 1.29 is 14.7 Å². The van der Waals surface area contributed by atoms with Crippen molar-refractivity contribution in [3.63, 3.8) is 0 Å². The molecule has 0 aliphatic carbocycles. The Morgan fingerprint density at radius 3 is 2.65 bits per heavy atom. The molecule has 1 aromatic rings. The Balaban J connectivity index is 2.35. The van der Waals surface area contributed by atoms with Crippen molar-refractivity contribution >= 4 is 23.6 Å². The van der Waals surface area contributed by atoms with Crippen molar-refractivity contribution in [2.24, 2.45) is 0 Å². The van der Waals surface area contributed by atoms with Crippen LogP contribution in [0.1, 0.15) is 31.4 Å². The van der Waals surface area contributed by atoms with E-state index >= 15 is 0 Å². The van der Waals surface area contributed by atoms with Gasteiger partial charge in [-0.2, -0.15) is 0 Å². The van der Waals surface area contributed by atoms with E-state index in [4.69, 9.17) is 5.11 Å². The highest BCUT2D eigenvalue weighted by Gasteiger charge is 2.23. The summed E-state index contributed by atoms with van der Waals surface area (Å²) in [4.78, 5) is 22.4. The van der Waals surface area contributed by atoms with E-state index in [2.05, 4.69) is 11.4 Å². The lowest BCUT2D eigenvalue weighted by atomic mass is 10.0. The maximum Gasteiger partial charge on any atom is 0.305 e. The number of aliphatic carboxylic acids is 1. The number of carbonyl (C=O) groups excluding carboxylic acids is 1. The maximum absolute atomic E-state index is 11.8. The van der Waals surface area contributed by atoms with E-state index in [9.17, 15) is 9.59 Å². The van der Waals surface area contributed by atoms with Gasteiger partial charge in [0.05, 0.1) is 12.2 Å². The fraction of sp³-hybridized carbons (Fsp3) is 0.467. The molecule has 0 unspecified atom stereocenters. The molecule has 1 rings (SSSR count). The minimum atomic E-state index is -0.914. The molecular weight excluding hydrogens is 274 g/mol. The Bertz CT molecular complexity index is 486. The summed E-state index contributed by atoms with van der Waals surface area (Å²) >= 11 is 1.52. The largest absolute Gasteiger partial charge is 0.481 e. The maximum atomic E-state index is 11.8. The molecule has 2 N–H and O–H groups in total. The highest BCUT2D eigenvalue weighted by atomic mass is 32.2. The zero-order valence-electron chi connectivity index (χ0n) is 12.1. The Labute approximate surface area is 124 Å². The van der Waals surface area contributed by atoms with Crippen molar-refractivity contribution in [2.75, 3.05) is 5.75 Å². The first-order chi connectivity index (χ1) is 9.28. The lowest BCUT2D eigenvalue weighted by Gasteiger charge is -2.24. The number of rotatable bonds is 7. The number of carbonyl (C=O) groups is 2. The molecule has 1 aromatic carbocycles. The number of nitrogens with one attached hydrogen (secondary N) is 1. The van der Waals surface area contributed by atoms with Gasteiger partial charge in [-0.05, 0) is 26.3 Å². The molecule has 1 amide bonds. The second-order valence-electron chi connectivity index (χ2n) is 5.48. The number of hydrogen-bond acceptors (Lipinski definition) is 3. The third kappa shape index (κ3) is 6.61. The highest BCUT2D eigenvalue weighted by Crippen LogP contribution is 2.14. The molecule has 0 atom stereocenters. The standard InChI is InChI=1S/C15H21NO3S/c1-11-5-4-6-12(7-11)9-20-10-13(17)16-15(2,3)8-14(18)19/h4-7H,8-10H2,1-3H3,(H,16,17)(H,18,19). The van der Waals surface area contributed by atoms with Gasteiger partial charge >= 0.3 is 5.97 Å². The summed E-state index contributed by atoms with van der Waals surface area (Å²) < 4.78 is 0. The normalized spacial score (nSPS) is 11.2. The molecule has 0 saturated heterocycles. The second-order valence-corrected chi connectivity index (χ2v) is 6.47. The van der Waals surface area contributed by atoms with Crippen LogP contribution >= 0.6 is 11.8 Å². The predicted octanol–water partition coefficient (Wildman–Crippen LogP) is 2.60. The van der Waals surface area contributed by atoms with E-state index in [-0.39, 0.29) is 12.3 Å². The topological polar surface area (TPSA) is 66.4 Å². The monoisotopic (exact) mass is 295 g/mol. The summed E-state index contributed by atoms with van der Waals surface area (Å²) in [6, 6.07) is 8.17. The van der Waals surface area contributed by atoms with Crippen molar-refractivity contribution in [3.8, 4) is 0 Å². The molecule has 20 heavy (non-hydrogen) atoms. The van der Waals surface area contributed by atoms with E-state index in [0.717, 1.165) is 5.75 Å². The first-order valence-corrected chi connectivity index (χ1v) is 7.60. The molecule has 0 fully saturated rings. The zero-order chi connectivity index (χ0) is 15.2. The van der Waals surface area contributed by atoms with Gasteiger partial charge in [-0.25, -0.2) is 0 Å². The third-order valence-electron chi connectivity index (χ3n) is 2.66. The smallest absolute Gasteiger partial charge is 0.305 e. The molecule has 0 heterocycles. The van der Waals surface area contributed by atoms with Crippen LogP contribution in [0.3, 0.4) is 0 Å². The van der Waals surface area contributed by atoms with Crippen LogP contribution in [0.4, 0.5) is 0 Å². The Morgan fingerprint density at radius 2 is 2.05 bits per heavy atom. The lowest BCUT2D eigenvalue weighted by molar-refractivity contribution is -0.138. The van der Waals surface area contributed by atoms with Crippen molar-refractivity contribution in [1.82, 2.24) is 5.32 Å². The minimum Gasteiger partial charge on any atom is -0.481 e. The van der Waals surface area contributed by atoms with Crippen molar-refractivity contribution in [3.05, 3.63) is 35.4 Å². The average Bonchev–Trinajstić information content (AvgIpc) is 2.26. The molecule has 0 aromatic heterocycles. The van der Waals surface area contributed by atoms with Crippen LogP contribution in [0.25, 0.3) is 0 Å². The molecule has 0 aliphatic rings. The van der Waals surface area contributed by atoms with Crippen LogP contribution in [-0.2, 0) is 15.3 Å². The number of benzene rings is 1. The van der Waals surface area contributed by atoms with Gasteiger partial charge < -0.3 is 10.4 Å². The van der Waals surface area contributed by atoms with Gasteiger partial charge in [-0.1, -0.05) is 29.8 Å². The first kappa shape index (κ1) is 16.6. The quantitative estimate of drug-likeness (QED) is 0.811. The number of hydrogen-bond donors (Lipinski definition) is 2. The summed E-state index contributed by atoms with van der Waals surface area (Å²) in [5.74, 6) is 0.0578. The van der Waals surface area contributed by atoms with E-state index in [0.29, 0.717) is 5.75 Å². The predicted molar refractivity (Wildman–Crippen MR) is 81.8 cm³/mol. The second kappa shape index (κ2) is 7.33. The SMILES string of the molecule is Cc1cccc(CSCC(=O)NC(C)(C)CC(=O)O)c1. The highest BCUT2D eigenvalue weighted by molar-refractivity contribution is 7.99. The van der Waals surface area contributed by atoms with Crippen LogP contribution in [0.2, 0.25) is 0 Å². The third-order valence-corrected chi connectivity index (χ3v) is 3.66. The van der Waals surface area contributed by atoms with Gasteiger partial charge in [0.1, 0.15) is 0 Å². The van der Waals surface area contributed by atoms with Gasteiger partial charge in [-0.3, -0.25) is 9.59 Å². The number of thioether (sulfide) groups is 1. The number of amides is 1. The number of aryl methyl sites for hydroxylation is 1. The minimum absolute atomic E-state index is 0.0821. The molecule has 0 radical (unpaired) electrons. The van der Waals surface area contributed by atoms with Crippen LogP contribution < -0.4 is 5.32 Å². The van der Waals surface area contributed by atoms with E-state index in [1.54, 1.807) is 13.8 Å². The van der Waals surface area contributed by atoms with Crippen LogP contribution in [-0.4, -0.2) is 28.3 Å². The Kier molecular flexibility index (Phi) is 6.07. The van der Waals surface area contributed by atoms with Gasteiger partial charge in [-0.15, -0.1) is 11.8 Å². The van der Waals surface area contributed by atoms with E-state index < -0.39 is 11.5 Å². The Hall–Kier alpha value is -1.49. The molecule has 110 valence electrons. The summed E-state index contributed by atoms with van der Waals surface area (Å²) in [7, 11) is 0. The fourth-order valence-corrected chi connectivity index (χ4v) is 2.67. The Morgan fingerprint density at radius 1 is 1.35 bits per heavy atom. The van der Waals surface area contributed by atoms with Crippen molar-refractivity contribution in [1.29, 1.82) is 0 Å². The average molecular weight is 295 g/mol.